The van der Waals surface area contributed by atoms with Crippen LogP contribution in [0.4, 0.5) is 0 Å². The van der Waals surface area contributed by atoms with Crippen LogP contribution in [0.15, 0.2) is 94.2 Å². The Balaban J connectivity index is 1.82. The first kappa shape index (κ1) is 16.6. The normalized spacial score (nSPS) is 15.6. The summed E-state index contributed by atoms with van der Waals surface area (Å²) in [5.74, 6) is 1.10. The number of hydrogen-bond acceptors (Lipinski definition) is 3. The molecule has 0 saturated carbocycles. The van der Waals surface area contributed by atoms with Gasteiger partial charge in [-0.15, -0.1) is 0 Å². The van der Waals surface area contributed by atoms with Crippen molar-refractivity contribution in [2.24, 2.45) is 0 Å². The number of allylic oxidation sites excluding steroid dienone is 1. The first-order valence-corrected chi connectivity index (χ1v) is 9.28. The summed E-state index contributed by atoms with van der Waals surface area (Å²) in [6.45, 7) is 2.02. The van der Waals surface area contributed by atoms with Crippen LogP contribution in [-0.4, -0.2) is 0 Å². The number of hydrogen-bond donors (Lipinski definition) is 0. The topological polar surface area (TPSA) is 39.4 Å². The Morgan fingerprint density at radius 2 is 1.57 bits per heavy atom. The van der Waals surface area contributed by atoms with Crippen molar-refractivity contribution in [3.05, 3.63) is 118 Å². The van der Waals surface area contributed by atoms with E-state index in [9.17, 15) is 4.79 Å². The van der Waals surface area contributed by atoms with E-state index in [1.54, 1.807) is 0 Å². The van der Waals surface area contributed by atoms with E-state index in [0.29, 0.717) is 16.9 Å². The lowest BCUT2D eigenvalue weighted by atomic mass is 9.88. The van der Waals surface area contributed by atoms with Crippen LogP contribution in [0, 0.1) is 6.92 Å². The molecule has 0 fully saturated rings. The number of benzene rings is 3. The van der Waals surface area contributed by atoms with Gasteiger partial charge in [0.1, 0.15) is 17.1 Å². The molecule has 1 unspecified atom stereocenters. The Hall–Kier alpha value is -3.59. The van der Waals surface area contributed by atoms with Crippen molar-refractivity contribution in [2.45, 2.75) is 12.8 Å². The minimum absolute atomic E-state index is 0.235. The van der Waals surface area contributed by atoms with Crippen molar-refractivity contribution in [3.8, 4) is 5.75 Å². The van der Waals surface area contributed by atoms with Crippen molar-refractivity contribution in [3.63, 3.8) is 0 Å². The lowest BCUT2D eigenvalue weighted by molar-refractivity contribution is 0.472. The Morgan fingerprint density at radius 1 is 0.857 bits per heavy atom. The summed E-state index contributed by atoms with van der Waals surface area (Å²) in [6.07, 6.45) is 2.01. The molecule has 0 amide bonds. The zero-order valence-corrected chi connectivity index (χ0v) is 15.4. The first-order chi connectivity index (χ1) is 13.7. The molecule has 3 aromatic carbocycles. The average Bonchev–Trinajstić information content (AvgIpc) is 2.75. The third-order valence-corrected chi connectivity index (χ3v) is 5.10. The van der Waals surface area contributed by atoms with Gasteiger partial charge in [-0.25, -0.2) is 4.79 Å². The summed E-state index contributed by atoms with van der Waals surface area (Å²) in [5.41, 5.74) is 3.81. The molecule has 0 saturated heterocycles. The van der Waals surface area contributed by atoms with Gasteiger partial charge in [0.2, 0.25) is 0 Å². The quantitative estimate of drug-likeness (QED) is 0.429. The Bertz CT molecular complexity index is 1250. The van der Waals surface area contributed by atoms with Gasteiger partial charge in [-0.05, 0) is 30.7 Å². The predicted octanol–water partition coefficient (Wildman–Crippen LogP) is 5.67. The highest BCUT2D eigenvalue weighted by molar-refractivity contribution is 5.88. The van der Waals surface area contributed by atoms with Crippen molar-refractivity contribution >= 4 is 16.7 Å². The third-order valence-electron chi connectivity index (χ3n) is 5.10. The average molecular weight is 366 g/mol. The van der Waals surface area contributed by atoms with Gasteiger partial charge < -0.3 is 9.15 Å². The second-order valence-corrected chi connectivity index (χ2v) is 7.02. The maximum Gasteiger partial charge on any atom is 0.344 e. The third kappa shape index (κ3) is 2.72. The minimum Gasteiger partial charge on any atom is -0.456 e. The standard InChI is InChI=1S/C25H18O3/c1-16-12-13-21-20(14-16)24-23(25(26)28-21)19(17-8-4-2-5-9-17)15-22(27-24)18-10-6-3-7-11-18/h2-15,19H,1H3. The molecule has 5 rings (SSSR count). The summed E-state index contributed by atoms with van der Waals surface area (Å²) in [7, 11) is 0. The van der Waals surface area contributed by atoms with Crippen LogP contribution < -0.4 is 10.4 Å². The molecule has 2 heterocycles. The zero-order chi connectivity index (χ0) is 19.1. The molecule has 3 nitrogen and oxygen atoms in total. The van der Waals surface area contributed by atoms with E-state index in [1.165, 1.54) is 0 Å². The number of ether oxygens (including phenoxy) is 1. The van der Waals surface area contributed by atoms with Crippen molar-refractivity contribution < 1.29 is 9.15 Å². The van der Waals surface area contributed by atoms with E-state index in [1.807, 2.05) is 91.9 Å². The maximum absolute atomic E-state index is 12.9. The van der Waals surface area contributed by atoms with Crippen LogP contribution >= 0.6 is 0 Å². The maximum atomic E-state index is 12.9. The van der Waals surface area contributed by atoms with Crippen LogP contribution in [0.5, 0.6) is 5.75 Å². The fourth-order valence-electron chi connectivity index (χ4n) is 3.74. The molecule has 0 N–H and O–H groups in total. The summed E-state index contributed by atoms with van der Waals surface area (Å²) in [6, 6.07) is 25.7. The SMILES string of the molecule is Cc1ccc2oc(=O)c3c(c2c1)OC(c1ccccc1)=CC3c1ccccc1. The van der Waals surface area contributed by atoms with Crippen LogP contribution in [-0.2, 0) is 0 Å². The number of rotatable bonds is 2. The molecule has 1 atom stereocenters. The van der Waals surface area contributed by atoms with Gasteiger partial charge in [-0.2, -0.15) is 0 Å². The first-order valence-electron chi connectivity index (χ1n) is 9.28. The summed E-state index contributed by atoms with van der Waals surface area (Å²) < 4.78 is 12.0. The van der Waals surface area contributed by atoms with E-state index in [4.69, 9.17) is 9.15 Å². The summed E-state index contributed by atoms with van der Waals surface area (Å²) in [4.78, 5) is 12.9. The van der Waals surface area contributed by atoms with E-state index < -0.39 is 0 Å². The molecule has 0 spiro atoms. The van der Waals surface area contributed by atoms with Crippen molar-refractivity contribution in [1.29, 1.82) is 0 Å². The molecule has 1 aromatic heterocycles. The van der Waals surface area contributed by atoms with E-state index in [2.05, 4.69) is 0 Å². The van der Waals surface area contributed by atoms with Crippen LogP contribution in [0.2, 0.25) is 0 Å². The molecule has 4 aromatic rings. The molecule has 28 heavy (non-hydrogen) atoms. The van der Waals surface area contributed by atoms with Gasteiger partial charge in [0.25, 0.3) is 0 Å². The fourth-order valence-corrected chi connectivity index (χ4v) is 3.74. The monoisotopic (exact) mass is 366 g/mol. The van der Waals surface area contributed by atoms with Crippen LogP contribution in [0.25, 0.3) is 16.7 Å². The van der Waals surface area contributed by atoms with E-state index in [-0.39, 0.29) is 11.5 Å². The smallest absolute Gasteiger partial charge is 0.344 e. The van der Waals surface area contributed by atoms with Gasteiger partial charge in [0, 0.05) is 11.5 Å². The largest absolute Gasteiger partial charge is 0.456 e. The highest BCUT2D eigenvalue weighted by Gasteiger charge is 2.30. The molecule has 136 valence electrons. The predicted molar refractivity (Wildman–Crippen MR) is 111 cm³/mol. The molecule has 0 aliphatic carbocycles. The Labute approximate surface area is 162 Å². The Kier molecular flexibility index (Phi) is 3.87. The van der Waals surface area contributed by atoms with Gasteiger partial charge >= 0.3 is 5.63 Å². The van der Waals surface area contributed by atoms with Crippen LogP contribution in [0.1, 0.15) is 28.2 Å². The van der Waals surface area contributed by atoms with Gasteiger partial charge in [0.05, 0.1) is 10.9 Å². The second-order valence-electron chi connectivity index (χ2n) is 7.02. The lowest BCUT2D eigenvalue weighted by Crippen LogP contribution is -2.19. The zero-order valence-electron chi connectivity index (χ0n) is 15.4. The van der Waals surface area contributed by atoms with Gasteiger partial charge in [-0.3, -0.25) is 0 Å². The number of aryl methyl sites for hydroxylation is 1. The lowest BCUT2D eigenvalue weighted by Gasteiger charge is -2.25. The number of fused-ring (bicyclic) bond motifs is 3. The summed E-state index contributed by atoms with van der Waals surface area (Å²) in [5, 5.41) is 0.817. The highest BCUT2D eigenvalue weighted by Crippen LogP contribution is 2.42. The molecule has 0 bridgehead atoms. The molecular formula is C25H18O3. The van der Waals surface area contributed by atoms with Crippen molar-refractivity contribution in [2.75, 3.05) is 0 Å². The van der Waals surface area contributed by atoms with E-state index >= 15 is 0 Å². The minimum atomic E-state index is -0.358. The second kappa shape index (κ2) is 6.54. The molecule has 1 aliphatic rings. The molecule has 3 heteroatoms. The van der Waals surface area contributed by atoms with Gasteiger partial charge in [-0.1, -0.05) is 72.3 Å². The molecular weight excluding hydrogens is 348 g/mol. The Morgan fingerprint density at radius 3 is 2.32 bits per heavy atom. The van der Waals surface area contributed by atoms with Gasteiger partial charge in [0.15, 0.2) is 0 Å². The molecule has 0 radical (unpaired) electrons. The highest BCUT2D eigenvalue weighted by atomic mass is 16.5. The fraction of sp³-hybridized carbons (Fsp3) is 0.0800. The van der Waals surface area contributed by atoms with Crippen LogP contribution in [0.3, 0.4) is 0 Å². The summed E-state index contributed by atoms with van der Waals surface area (Å²) >= 11 is 0. The molecule has 1 aliphatic heterocycles. The van der Waals surface area contributed by atoms with Crippen molar-refractivity contribution in [1.82, 2.24) is 0 Å². The van der Waals surface area contributed by atoms with E-state index in [0.717, 1.165) is 27.8 Å².